The van der Waals surface area contributed by atoms with Crippen LogP contribution in [0.2, 0.25) is 0 Å². The minimum absolute atomic E-state index is 0.220. The van der Waals surface area contributed by atoms with Crippen LogP contribution in [-0.2, 0) is 6.54 Å². The molecule has 0 spiro atoms. The Morgan fingerprint density at radius 3 is 2.75 bits per heavy atom. The lowest BCUT2D eigenvalue weighted by Crippen LogP contribution is -2.31. The summed E-state index contributed by atoms with van der Waals surface area (Å²) >= 11 is 0. The number of piperidine rings is 1. The van der Waals surface area contributed by atoms with Crippen molar-refractivity contribution >= 4 is 11.7 Å². The molecule has 1 fully saturated rings. The largest absolute Gasteiger partial charge is 0.357 e. The molecule has 6 heteroatoms. The van der Waals surface area contributed by atoms with Crippen molar-refractivity contribution < 1.29 is 9.18 Å². The molecule has 0 saturated carbocycles. The molecule has 0 radical (unpaired) electrons. The molecular weight excluding hydrogens is 307 g/mol. The molecule has 1 aromatic carbocycles. The van der Waals surface area contributed by atoms with Crippen LogP contribution in [-0.4, -0.2) is 29.0 Å². The van der Waals surface area contributed by atoms with Crippen molar-refractivity contribution in [3.05, 3.63) is 53.2 Å². The van der Waals surface area contributed by atoms with E-state index in [4.69, 9.17) is 0 Å². The fourth-order valence-electron chi connectivity index (χ4n) is 2.87. The van der Waals surface area contributed by atoms with Gasteiger partial charge in [-0.05, 0) is 44.4 Å². The summed E-state index contributed by atoms with van der Waals surface area (Å²) in [7, 11) is 0. The van der Waals surface area contributed by atoms with Crippen LogP contribution in [0.25, 0.3) is 0 Å². The first-order valence-electron chi connectivity index (χ1n) is 8.25. The molecule has 1 aliphatic heterocycles. The highest BCUT2D eigenvalue weighted by Crippen LogP contribution is 2.18. The van der Waals surface area contributed by atoms with Crippen molar-refractivity contribution in [1.29, 1.82) is 0 Å². The maximum atomic E-state index is 13.2. The highest BCUT2D eigenvalue weighted by molar-refractivity contribution is 5.94. The van der Waals surface area contributed by atoms with Crippen molar-refractivity contribution in [2.75, 3.05) is 18.0 Å². The SMILES string of the molecule is Cc1cc(N2CCCCC2)nc(CNC(=O)c2cccc(F)c2)n1. The summed E-state index contributed by atoms with van der Waals surface area (Å²) in [6.07, 6.45) is 3.61. The normalized spacial score (nSPS) is 14.5. The third kappa shape index (κ3) is 4.07. The van der Waals surface area contributed by atoms with E-state index in [1.165, 1.54) is 37.5 Å². The van der Waals surface area contributed by atoms with Gasteiger partial charge in [-0.15, -0.1) is 0 Å². The Hall–Kier alpha value is -2.50. The quantitative estimate of drug-likeness (QED) is 0.937. The smallest absolute Gasteiger partial charge is 0.251 e. The van der Waals surface area contributed by atoms with Crippen LogP contribution < -0.4 is 10.2 Å². The van der Waals surface area contributed by atoms with E-state index in [9.17, 15) is 9.18 Å². The van der Waals surface area contributed by atoms with E-state index in [1.54, 1.807) is 6.07 Å². The summed E-state index contributed by atoms with van der Waals surface area (Å²) in [4.78, 5) is 23.3. The molecule has 0 bridgehead atoms. The van der Waals surface area contributed by atoms with E-state index in [2.05, 4.69) is 20.2 Å². The average Bonchev–Trinajstić information content (AvgIpc) is 2.60. The van der Waals surface area contributed by atoms with E-state index < -0.39 is 5.82 Å². The number of nitrogens with one attached hydrogen (secondary N) is 1. The molecule has 1 aliphatic rings. The molecule has 3 rings (SSSR count). The van der Waals surface area contributed by atoms with Crippen LogP contribution in [0.1, 0.15) is 41.1 Å². The van der Waals surface area contributed by atoms with E-state index in [0.717, 1.165) is 24.6 Å². The summed E-state index contributed by atoms with van der Waals surface area (Å²) in [6.45, 7) is 4.15. The summed E-state index contributed by atoms with van der Waals surface area (Å²) in [5, 5.41) is 2.75. The summed E-state index contributed by atoms with van der Waals surface area (Å²) < 4.78 is 13.2. The van der Waals surface area contributed by atoms with Gasteiger partial charge >= 0.3 is 0 Å². The molecule has 0 atom stereocenters. The van der Waals surface area contributed by atoms with Crippen molar-refractivity contribution in [2.24, 2.45) is 0 Å². The number of carbonyl (C=O) groups excluding carboxylic acids is 1. The van der Waals surface area contributed by atoms with Gasteiger partial charge in [-0.2, -0.15) is 0 Å². The Morgan fingerprint density at radius 1 is 1.21 bits per heavy atom. The van der Waals surface area contributed by atoms with Gasteiger partial charge in [0.2, 0.25) is 0 Å². The monoisotopic (exact) mass is 328 g/mol. The fraction of sp³-hybridized carbons (Fsp3) is 0.389. The Labute approximate surface area is 140 Å². The number of aryl methyl sites for hydroxylation is 1. The van der Waals surface area contributed by atoms with Crippen LogP contribution >= 0.6 is 0 Å². The first-order chi connectivity index (χ1) is 11.6. The molecule has 1 saturated heterocycles. The van der Waals surface area contributed by atoms with E-state index in [1.807, 2.05) is 13.0 Å². The van der Waals surface area contributed by atoms with Gasteiger partial charge in [-0.25, -0.2) is 14.4 Å². The predicted molar refractivity (Wildman–Crippen MR) is 90.4 cm³/mol. The predicted octanol–water partition coefficient (Wildman–Crippen LogP) is 2.84. The maximum Gasteiger partial charge on any atom is 0.251 e. The number of rotatable bonds is 4. The van der Waals surface area contributed by atoms with Crippen molar-refractivity contribution in [1.82, 2.24) is 15.3 Å². The van der Waals surface area contributed by atoms with E-state index in [0.29, 0.717) is 11.4 Å². The second kappa shape index (κ2) is 7.38. The van der Waals surface area contributed by atoms with E-state index in [-0.39, 0.29) is 12.5 Å². The first kappa shape index (κ1) is 16.4. The standard InChI is InChI=1S/C18H21FN4O/c1-13-10-17(23-8-3-2-4-9-23)22-16(21-13)12-20-18(24)14-6-5-7-15(19)11-14/h5-7,10-11H,2-4,8-9,12H2,1H3,(H,20,24). The molecule has 1 amide bonds. The maximum absolute atomic E-state index is 13.2. The lowest BCUT2D eigenvalue weighted by atomic mass is 10.1. The Morgan fingerprint density at radius 2 is 2.00 bits per heavy atom. The fourth-order valence-corrected chi connectivity index (χ4v) is 2.87. The molecule has 1 N–H and O–H groups in total. The number of halogens is 1. The summed E-state index contributed by atoms with van der Waals surface area (Å²) in [5.74, 6) is 0.721. The second-order valence-electron chi connectivity index (χ2n) is 6.02. The van der Waals surface area contributed by atoms with Gasteiger partial charge in [-0.1, -0.05) is 6.07 Å². The zero-order valence-corrected chi connectivity index (χ0v) is 13.8. The average molecular weight is 328 g/mol. The molecule has 1 aromatic heterocycles. The van der Waals surface area contributed by atoms with Gasteiger partial charge in [-0.3, -0.25) is 4.79 Å². The number of hydrogen-bond donors (Lipinski definition) is 1. The van der Waals surface area contributed by atoms with Gasteiger partial charge in [0.25, 0.3) is 5.91 Å². The van der Waals surface area contributed by atoms with Gasteiger partial charge in [0, 0.05) is 30.4 Å². The topological polar surface area (TPSA) is 58.1 Å². The highest BCUT2D eigenvalue weighted by Gasteiger charge is 2.14. The number of anilines is 1. The zero-order valence-electron chi connectivity index (χ0n) is 13.8. The first-order valence-corrected chi connectivity index (χ1v) is 8.25. The molecule has 5 nitrogen and oxygen atoms in total. The lowest BCUT2D eigenvalue weighted by molar-refractivity contribution is 0.0949. The van der Waals surface area contributed by atoms with E-state index >= 15 is 0 Å². The molecule has 24 heavy (non-hydrogen) atoms. The third-order valence-corrected chi connectivity index (χ3v) is 4.06. The van der Waals surface area contributed by atoms with Crippen LogP contribution in [0.15, 0.2) is 30.3 Å². The molecule has 126 valence electrons. The van der Waals surface area contributed by atoms with Crippen LogP contribution in [0.5, 0.6) is 0 Å². The Kier molecular flexibility index (Phi) is 5.03. The number of aromatic nitrogens is 2. The molecular formula is C18H21FN4O. The molecule has 0 aliphatic carbocycles. The molecule has 2 heterocycles. The lowest BCUT2D eigenvalue weighted by Gasteiger charge is -2.28. The molecule has 0 unspecified atom stereocenters. The zero-order chi connectivity index (χ0) is 16.9. The van der Waals surface area contributed by atoms with Gasteiger partial charge in [0.1, 0.15) is 17.5 Å². The molecule has 2 aromatic rings. The minimum atomic E-state index is -0.429. The van der Waals surface area contributed by atoms with Crippen LogP contribution in [0.4, 0.5) is 10.2 Å². The number of benzene rings is 1. The number of carbonyl (C=O) groups is 1. The van der Waals surface area contributed by atoms with Gasteiger partial charge in [0.15, 0.2) is 0 Å². The second-order valence-corrected chi connectivity index (χ2v) is 6.02. The third-order valence-electron chi connectivity index (χ3n) is 4.06. The number of nitrogens with zero attached hydrogens (tertiary/aromatic N) is 3. The minimum Gasteiger partial charge on any atom is -0.357 e. The number of amides is 1. The van der Waals surface area contributed by atoms with Gasteiger partial charge in [0.05, 0.1) is 6.54 Å². The van der Waals surface area contributed by atoms with Crippen LogP contribution in [0.3, 0.4) is 0 Å². The summed E-state index contributed by atoms with van der Waals surface area (Å²) in [5.41, 5.74) is 1.17. The van der Waals surface area contributed by atoms with Crippen LogP contribution in [0, 0.1) is 12.7 Å². The number of hydrogen-bond acceptors (Lipinski definition) is 4. The van der Waals surface area contributed by atoms with Crippen molar-refractivity contribution in [3.8, 4) is 0 Å². The Balaban J connectivity index is 1.68. The summed E-state index contributed by atoms with van der Waals surface area (Å²) in [6, 6.07) is 7.59. The van der Waals surface area contributed by atoms with Gasteiger partial charge < -0.3 is 10.2 Å². The van der Waals surface area contributed by atoms with Crippen molar-refractivity contribution in [3.63, 3.8) is 0 Å². The highest BCUT2D eigenvalue weighted by atomic mass is 19.1. The Bertz CT molecular complexity index is 729. The van der Waals surface area contributed by atoms with Crippen molar-refractivity contribution in [2.45, 2.75) is 32.7 Å².